The van der Waals surface area contributed by atoms with Crippen molar-refractivity contribution in [2.24, 2.45) is 5.73 Å². The van der Waals surface area contributed by atoms with Gasteiger partial charge < -0.3 is 11.1 Å². The molecule has 0 aliphatic heterocycles. The second-order valence-corrected chi connectivity index (χ2v) is 4.28. The fourth-order valence-electron chi connectivity index (χ4n) is 1.49. The maximum atomic E-state index is 5.70. The van der Waals surface area contributed by atoms with E-state index in [-0.39, 0.29) is 0 Å². The second-order valence-electron chi connectivity index (χ2n) is 3.43. The Kier molecular flexibility index (Phi) is 2.51. The van der Waals surface area contributed by atoms with Crippen LogP contribution in [0, 0.1) is 0 Å². The molecule has 0 bridgehead atoms. The Morgan fingerprint density at radius 3 is 2.92 bits per heavy atom. The zero-order valence-electron chi connectivity index (χ0n) is 7.20. The number of pyridine rings is 1. The molecule has 70 valence electrons. The molecule has 0 unspecified atom stereocenters. The van der Waals surface area contributed by atoms with Crippen LogP contribution < -0.4 is 11.1 Å². The van der Waals surface area contributed by atoms with E-state index in [9.17, 15) is 0 Å². The number of aromatic nitrogens is 1. The number of hydrogen-bond acceptors (Lipinski definition) is 3. The Morgan fingerprint density at radius 2 is 2.31 bits per heavy atom. The summed E-state index contributed by atoms with van der Waals surface area (Å²) in [4.78, 5) is 4.00. The van der Waals surface area contributed by atoms with Crippen LogP contribution in [-0.4, -0.2) is 17.1 Å². The summed E-state index contributed by atoms with van der Waals surface area (Å²) in [7, 11) is 0. The Hall–Kier alpha value is -0.610. The minimum Gasteiger partial charge on any atom is -0.381 e. The van der Waals surface area contributed by atoms with Gasteiger partial charge in [0.1, 0.15) is 0 Å². The molecule has 1 heterocycles. The van der Waals surface area contributed by atoms with Crippen molar-refractivity contribution >= 4 is 21.6 Å². The van der Waals surface area contributed by atoms with Gasteiger partial charge in [0.15, 0.2) is 0 Å². The molecular formula is C9H12BrN3. The highest BCUT2D eigenvalue weighted by atomic mass is 79.9. The first-order valence-electron chi connectivity index (χ1n) is 4.37. The normalized spacial score (nSPS) is 26.6. The van der Waals surface area contributed by atoms with Crippen LogP contribution in [0.25, 0.3) is 0 Å². The van der Waals surface area contributed by atoms with E-state index >= 15 is 0 Å². The molecule has 4 heteroatoms. The Labute approximate surface area is 85.9 Å². The van der Waals surface area contributed by atoms with Crippen molar-refractivity contribution in [2.45, 2.75) is 24.9 Å². The van der Waals surface area contributed by atoms with Crippen LogP contribution in [-0.2, 0) is 0 Å². The van der Waals surface area contributed by atoms with Gasteiger partial charge in [0.2, 0.25) is 0 Å². The Morgan fingerprint density at radius 1 is 1.54 bits per heavy atom. The predicted molar refractivity (Wildman–Crippen MR) is 56.6 cm³/mol. The lowest BCUT2D eigenvalue weighted by Gasteiger charge is -2.34. The van der Waals surface area contributed by atoms with Crippen LogP contribution in [0.2, 0.25) is 0 Å². The van der Waals surface area contributed by atoms with Crippen LogP contribution in [0.5, 0.6) is 0 Å². The molecule has 0 amide bonds. The summed E-state index contributed by atoms with van der Waals surface area (Å²) in [6.07, 6.45) is 5.70. The quantitative estimate of drug-likeness (QED) is 0.830. The molecule has 0 aromatic carbocycles. The summed E-state index contributed by atoms with van der Waals surface area (Å²) < 4.78 is 1.01. The largest absolute Gasteiger partial charge is 0.381 e. The van der Waals surface area contributed by atoms with Gasteiger partial charge in [-0.3, -0.25) is 4.98 Å². The van der Waals surface area contributed by atoms with Crippen LogP contribution in [0.4, 0.5) is 5.69 Å². The Bertz CT molecular complexity index is 297. The van der Waals surface area contributed by atoms with Gasteiger partial charge in [0.25, 0.3) is 0 Å². The number of hydrogen-bond donors (Lipinski definition) is 2. The van der Waals surface area contributed by atoms with Crippen LogP contribution in [0.15, 0.2) is 22.9 Å². The van der Waals surface area contributed by atoms with Gasteiger partial charge in [-0.05, 0) is 34.8 Å². The lowest BCUT2D eigenvalue weighted by atomic mass is 9.87. The van der Waals surface area contributed by atoms with Gasteiger partial charge >= 0.3 is 0 Å². The summed E-state index contributed by atoms with van der Waals surface area (Å²) in [6, 6.07) is 2.89. The third kappa shape index (κ3) is 2.00. The summed E-state index contributed by atoms with van der Waals surface area (Å²) in [6.45, 7) is 0. The highest BCUT2D eigenvalue weighted by molar-refractivity contribution is 9.10. The summed E-state index contributed by atoms with van der Waals surface area (Å²) in [5, 5.41) is 3.41. The first-order valence-corrected chi connectivity index (χ1v) is 5.16. The van der Waals surface area contributed by atoms with Crippen molar-refractivity contribution < 1.29 is 0 Å². The maximum absolute atomic E-state index is 5.70. The van der Waals surface area contributed by atoms with E-state index in [1.165, 1.54) is 0 Å². The fourth-order valence-corrected chi connectivity index (χ4v) is 1.86. The third-order valence-electron chi connectivity index (χ3n) is 2.31. The van der Waals surface area contributed by atoms with Crippen molar-refractivity contribution in [3.63, 3.8) is 0 Å². The van der Waals surface area contributed by atoms with Crippen molar-refractivity contribution in [1.29, 1.82) is 0 Å². The van der Waals surface area contributed by atoms with Crippen molar-refractivity contribution in [3.8, 4) is 0 Å². The molecule has 0 radical (unpaired) electrons. The van der Waals surface area contributed by atoms with E-state index in [0.29, 0.717) is 12.1 Å². The highest BCUT2D eigenvalue weighted by Crippen LogP contribution is 2.26. The first-order chi connectivity index (χ1) is 6.25. The van der Waals surface area contributed by atoms with Crippen LogP contribution in [0.1, 0.15) is 12.8 Å². The molecule has 3 nitrogen and oxygen atoms in total. The molecule has 0 saturated heterocycles. The summed E-state index contributed by atoms with van der Waals surface area (Å²) in [5.74, 6) is 0. The molecule has 1 fully saturated rings. The molecular weight excluding hydrogens is 230 g/mol. The van der Waals surface area contributed by atoms with Crippen LogP contribution >= 0.6 is 15.9 Å². The number of rotatable bonds is 2. The standard InChI is InChI=1S/C9H12BrN3/c10-8-5-12-2-1-9(8)13-7-3-6(11)4-7/h1-2,5-7H,3-4,11H2,(H,12,13). The average molecular weight is 242 g/mol. The zero-order valence-corrected chi connectivity index (χ0v) is 8.79. The van der Waals surface area contributed by atoms with E-state index in [1.807, 2.05) is 6.07 Å². The molecule has 1 saturated carbocycles. The van der Waals surface area contributed by atoms with Crippen molar-refractivity contribution in [3.05, 3.63) is 22.9 Å². The molecule has 1 aromatic rings. The third-order valence-corrected chi connectivity index (χ3v) is 2.94. The fraction of sp³-hybridized carbons (Fsp3) is 0.444. The minimum absolute atomic E-state index is 0.387. The lowest BCUT2D eigenvalue weighted by molar-refractivity contribution is 0.373. The van der Waals surface area contributed by atoms with E-state index in [4.69, 9.17) is 5.73 Å². The molecule has 1 aliphatic rings. The molecule has 2 rings (SSSR count). The SMILES string of the molecule is NC1CC(Nc2ccncc2Br)C1. The van der Waals surface area contributed by atoms with Gasteiger partial charge in [-0.2, -0.15) is 0 Å². The minimum atomic E-state index is 0.387. The molecule has 1 aromatic heterocycles. The van der Waals surface area contributed by atoms with Crippen molar-refractivity contribution in [2.75, 3.05) is 5.32 Å². The molecule has 0 spiro atoms. The van der Waals surface area contributed by atoms with E-state index in [1.54, 1.807) is 12.4 Å². The van der Waals surface area contributed by atoms with Gasteiger partial charge in [0, 0.05) is 24.5 Å². The molecule has 0 atom stereocenters. The van der Waals surface area contributed by atoms with Gasteiger partial charge in [-0.25, -0.2) is 0 Å². The number of nitrogens with two attached hydrogens (primary N) is 1. The predicted octanol–water partition coefficient (Wildman–Crippen LogP) is 1.75. The molecule has 3 N–H and O–H groups in total. The first kappa shape index (κ1) is 8.97. The van der Waals surface area contributed by atoms with Crippen LogP contribution in [0.3, 0.4) is 0 Å². The second kappa shape index (κ2) is 3.64. The van der Waals surface area contributed by atoms with Gasteiger partial charge in [-0.15, -0.1) is 0 Å². The highest BCUT2D eigenvalue weighted by Gasteiger charge is 2.25. The Balaban J connectivity index is 1.98. The van der Waals surface area contributed by atoms with Gasteiger partial charge in [-0.1, -0.05) is 0 Å². The summed E-state index contributed by atoms with van der Waals surface area (Å²) in [5.41, 5.74) is 6.80. The molecule has 13 heavy (non-hydrogen) atoms. The van der Waals surface area contributed by atoms with E-state index in [0.717, 1.165) is 23.0 Å². The number of nitrogens with zero attached hydrogens (tertiary/aromatic N) is 1. The van der Waals surface area contributed by atoms with Crippen molar-refractivity contribution in [1.82, 2.24) is 4.98 Å². The number of nitrogens with one attached hydrogen (secondary N) is 1. The molecule has 1 aliphatic carbocycles. The monoisotopic (exact) mass is 241 g/mol. The smallest absolute Gasteiger partial charge is 0.0590 e. The zero-order chi connectivity index (χ0) is 9.26. The lowest BCUT2D eigenvalue weighted by Crippen LogP contribution is -2.44. The number of halogens is 1. The maximum Gasteiger partial charge on any atom is 0.0590 e. The topological polar surface area (TPSA) is 50.9 Å². The van der Waals surface area contributed by atoms with E-state index < -0.39 is 0 Å². The summed E-state index contributed by atoms with van der Waals surface area (Å²) >= 11 is 3.44. The average Bonchev–Trinajstić information content (AvgIpc) is 2.06. The number of anilines is 1. The van der Waals surface area contributed by atoms with Gasteiger partial charge in [0.05, 0.1) is 10.2 Å². The van der Waals surface area contributed by atoms with E-state index in [2.05, 4.69) is 26.2 Å².